The van der Waals surface area contributed by atoms with Crippen LogP contribution in [0.25, 0.3) is 0 Å². The highest BCUT2D eigenvalue weighted by atomic mass is 16.1. The Hall–Kier alpha value is -3.14. The fourth-order valence-corrected chi connectivity index (χ4v) is 2.33. The lowest BCUT2D eigenvalue weighted by molar-refractivity contribution is -0.671. The predicted octanol–water partition coefficient (Wildman–Crippen LogP) is 3.82. The van der Waals surface area contributed by atoms with E-state index in [1.165, 1.54) is 0 Å². The molecule has 1 aromatic heterocycles. The van der Waals surface area contributed by atoms with E-state index < -0.39 is 0 Å². The van der Waals surface area contributed by atoms with Gasteiger partial charge in [0.1, 0.15) is 7.05 Å². The molecule has 0 spiro atoms. The average Bonchev–Trinajstić information content (AvgIpc) is 2.58. The Morgan fingerprint density at radius 1 is 0.875 bits per heavy atom. The molecule has 2 aromatic carbocycles. The summed E-state index contributed by atoms with van der Waals surface area (Å²) in [5, 5.41) is 6.26. The Morgan fingerprint density at radius 2 is 1.54 bits per heavy atom. The van der Waals surface area contributed by atoms with E-state index in [4.69, 9.17) is 0 Å². The van der Waals surface area contributed by atoms with Gasteiger partial charge < -0.3 is 10.6 Å². The molecule has 0 fully saturated rings. The molecular weight excluding hydrogens is 298 g/mol. The van der Waals surface area contributed by atoms with E-state index in [1.54, 1.807) is 0 Å². The standard InChI is InChI=1S/C20H19N3O/c1-15-6-8-16(9-7-15)20(24)22-19-5-3-4-18(14-19)21-17-10-12-23(2)13-11-17/h3-14H,1-2H3,(H,22,24)/p+1. The summed E-state index contributed by atoms with van der Waals surface area (Å²) in [6, 6.07) is 19.2. The topological polar surface area (TPSA) is 45.0 Å². The molecule has 0 aliphatic rings. The molecule has 120 valence electrons. The summed E-state index contributed by atoms with van der Waals surface area (Å²) >= 11 is 0. The number of pyridine rings is 1. The second-order valence-corrected chi connectivity index (χ2v) is 5.78. The summed E-state index contributed by atoms with van der Waals surface area (Å²) in [7, 11) is 1.98. The molecule has 0 saturated carbocycles. The molecule has 1 heterocycles. The van der Waals surface area contributed by atoms with Gasteiger partial charge in [-0.1, -0.05) is 23.8 Å². The molecular formula is C20H20N3O+. The second-order valence-electron chi connectivity index (χ2n) is 5.78. The molecule has 0 radical (unpaired) electrons. The van der Waals surface area contributed by atoms with Crippen LogP contribution in [0.1, 0.15) is 15.9 Å². The molecule has 4 nitrogen and oxygen atoms in total. The normalized spacial score (nSPS) is 10.2. The number of anilines is 3. The molecule has 0 bridgehead atoms. The smallest absolute Gasteiger partial charge is 0.255 e. The van der Waals surface area contributed by atoms with Gasteiger partial charge in [0.05, 0.1) is 5.69 Å². The van der Waals surface area contributed by atoms with Gasteiger partial charge in [0.2, 0.25) is 0 Å². The van der Waals surface area contributed by atoms with Crippen molar-refractivity contribution in [1.29, 1.82) is 0 Å². The van der Waals surface area contributed by atoms with Crippen molar-refractivity contribution in [2.24, 2.45) is 7.05 Å². The van der Waals surface area contributed by atoms with Gasteiger partial charge in [-0.25, -0.2) is 4.57 Å². The lowest BCUT2D eigenvalue weighted by Crippen LogP contribution is -2.25. The highest BCUT2D eigenvalue weighted by molar-refractivity contribution is 6.04. The number of aryl methyl sites for hydroxylation is 2. The minimum absolute atomic E-state index is 0.112. The lowest BCUT2D eigenvalue weighted by atomic mass is 10.1. The van der Waals surface area contributed by atoms with Crippen molar-refractivity contribution in [3.63, 3.8) is 0 Å². The van der Waals surface area contributed by atoms with E-state index in [9.17, 15) is 4.79 Å². The van der Waals surface area contributed by atoms with Gasteiger partial charge in [0.15, 0.2) is 12.4 Å². The monoisotopic (exact) mass is 318 g/mol. The number of amides is 1. The summed E-state index contributed by atoms with van der Waals surface area (Å²) in [6.45, 7) is 2.00. The highest BCUT2D eigenvalue weighted by Crippen LogP contribution is 2.20. The van der Waals surface area contributed by atoms with Crippen LogP contribution >= 0.6 is 0 Å². The predicted molar refractivity (Wildman–Crippen MR) is 96.5 cm³/mol. The summed E-state index contributed by atoms with van der Waals surface area (Å²) < 4.78 is 1.98. The van der Waals surface area contributed by atoms with Gasteiger partial charge in [-0.3, -0.25) is 4.79 Å². The Labute approximate surface area is 141 Å². The van der Waals surface area contributed by atoms with Gasteiger partial charge in [0.25, 0.3) is 5.91 Å². The molecule has 24 heavy (non-hydrogen) atoms. The second kappa shape index (κ2) is 6.96. The Balaban J connectivity index is 1.71. The highest BCUT2D eigenvalue weighted by Gasteiger charge is 2.06. The van der Waals surface area contributed by atoms with Gasteiger partial charge >= 0.3 is 0 Å². The fourth-order valence-electron chi connectivity index (χ4n) is 2.33. The Morgan fingerprint density at radius 3 is 2.25 bits per heavy atom. The average molecular weight is 318 g/mol. The van der Waals surface area contributed by atoms with Crippen molar-refractivity contribution >= 4 is 23.0 Å². The number of carbonyl (C=O) groups is 1. The minimum atomic E-state index is -0.112. The van der Waals surface area contributed by atoms with Crippen LogP contribution in [0.3, 0.4) is 0 Å². The zero-order valence-electron chi connectivity index (χ0n) is 13.8. The fraction of sp³-hybridized carbons (Fsp3) is 0.100. The zero-order chi connectivity index (χ0) is 16.9. The maximum atomic E-state index is 12.3. The molecule has 4 heteroatoms. The Bertz CT molecular complexity index is 840. The first kappa shape index (κ1) is 15.7. The van der Waals surface area contributed by atoms with Gasteiger partial charge in [-0.2, -0.15) is 0 Å². The maximum absolute atomic E-state index is 12.3. The summed E-state index contributed by atoms with van der Waals surface area (Å²) in [5.41, 5.74) is 4.45. The van der Waals surface area contributed by atoms with E-state index in [1.807, 2.05) is 91.6 Å². The minimum Gasteiger partial charge on any atom is -0.355 e. The van der Waals surface area contributed by atoms with E-state index in [2.05, 4.69) is 10.6 Å². The molecule has 0 saturated heterocycles. The van der Waals surface area contributed by atoms with Crippen molar-refractivity contribution < 1.29 is 9.36 Å². The van der Waals surface area contributed by atoms with Crippen LogP contribution in [-0.2, 0) is 7.05 Å². The molecule has 1 amide bonds. The van der Waals surface area contributed by atoms with Gasteiger partial charge in [0, 0.05) is 29.1 Å². The van der Waals surface area contributed by atoms with Crippen LogP contribution in [-0.4, -0.2) is 5.91 Å². The van der Waals surface area contributed by atoms with Crippen molar-refractivity contribution in [3.8, 4) is 0 Å². The first-order valence-electron chi connectivity index (χ1n) is 7.80. The van der Waals surface area contributed by atoms with Crippen molar-refractivity contribution in [1.82, 2.24) is 0 Å². The molecule has 0 aliphatic carbocycles. The third-order valence-corrected chi connectivity index (χ3v) is 3.70. The number of aromatic nitrogens is 1. The quantitative estimate of drug-likeness (QED) is 0.718. The number of rotatable bonds is 4. The van der Waals surface area contributed by atoms with Crippen LogP contribution in [0.15, 0.2) is 73.1 Å². The molecule has 3 rings (SSSR count). The third-order valence-electron chi connectivity index (χ3n) is 3.70. The molecule has 0 unspecified atom stereocenters. The van der Waals surface area contributed by atoms with Crippen LogP contribution in [0, 0.1) is 6.92 Å². The zero-order valence-corrected chi connectivity index (χ0v) is 13.8. The van der Waals surface area contributed by atoms with E-state index in [0.29, 0.717) is 5.56 Å². The van der Waals surface area contributed by atoms with Crippen LogP contribution in [0.2, 0.25) is 0 Å². The third kappa shape index (κ3) is 3.98. The van der Waals surface area contributed by atoms with Crippen molar-refractivity contribution in [2.75, 3.05) is 10.6 Å². The number of carbonyl (C=O) groups excluding carboxylic acids is 1. The lowest BCUT2D eigenvalue weighted by Gasteiger charge is -2.09. The molecule has 0 atom stereocenters. The maximum Gasteiger partial charge on any atom is 0.255 e. The Kier molecular flexibility index (Phi) is 4.57. The number of benzene rings is 2. The van der Waals surface area contributed by atoms with E-state index >= 15 is 0 Å². The van der Waals surface area contributed by atoms with Crippen molar-refractivity contribution in [2.45, 2.75) is 6.92 Å². The summed E-state index contributed by atoms with van der Waals surface area (Å²) in [5.74, 6) is -0.112. The van der Waals surface area contributed by atoms with Gasteiger partial charge in [-0.05, 0) is 37.3 Å². The molecule has 2 N–H and O–H groups in total. The molecule has 0 aliphatic heterocycles. The van der Waals surface area contributed by atoms with Gasteiger partial charge in [-0.15, -0.1) is 0 Å². The number of hydrogen-bond acceptors (Lipinski definition) is 2. The van der Waals surface area contributed by atoms with Crippen LogP contribution in [0.5, 0.6) is 0 Å². The number of nitrogens with one attached hydrogen (secondary N) is 2. The first-order chi connectivity index (χ1) is 11.6. The summed E-state index contributed by atoms with van der Waals surface area (Å²) in [6.07, 6.45) is 3.96. The SMILES string of the molecule is Cc1ccc(C(=O)Nc2cccc(Nc3cc[n+](C)cc3)c2)cc1. The first-order valence-corrected chi connectivity index (χ1v) is 7.80. The van der Waals surface area contributed by atoms with Crippen LogP contribution < -0.4 is 15.2 Å². The van der Waals surface area contributed by atoms with Crippen molar-refractivity contribution in [3.05, 3.63) is 84.2 Å². The largest absolute Gasteiger partial charge is 0.355 e. The van der Waals surface area contributed by atoms with E-state index in [-0.39, 0.29) is 5.91 Å². The number of nitrogens with zero attached hydrogens (tertiary/aromatic N) is 1. The summed E-state index contributed by atoms with van der Waals surface area (Å²) in [4.78, 5) is 12.3. The van der Waals surface area contributed by atoms with Crippen LogP contribution in [0.4, 0.5) is 17.1 Å². The van der Waals surface area contributed by atoms with E-state index in [0.717, 1.165) is 22.6 Å². The number of hydrogen-bond donors (Lipinski definition) is 2. The molecule has 3 aromatic rings.